The first-order valence-corrected chi connectivity index (χ1v) is 8.19. The van der Waals surface area contributed by atoms with E-state index in [4.69, 9.17) is 0 Å². The summed E-state index contributed by atoms with van der Waals surface area (Å²) >= 11 is 2.06. The maximum Gasteiger partial charge on any atom is 0.135 e. The largest absolute Gasteiger partial charge is 0.300 e. The van der Waals surface area contributed by atoms with Gasteiger partial charge in [-0.05, 0) is 26.0 Å². The van der Waals surface area contributed by atoms with E-state index in [1.165, 1.54) is 38.6 Å². The van der Waals surface area contributed by atoms with E-state index < -0.39 is 0 Å². The fourth-order valence-electron chi connectivity index (χ4n) is 3.28. The molecule has 1 saturated carbocycles. The van der Waals surface area contributed by atoms with Gasteiger partial charge in [0.15, 0.2) is 0 Å². The summed E-state index contributed by atoms with van der Waals surface area (Å²) < 4.78 is 0.479. The fourth-order valence-corrected chi connectivity index (χ4v) is 4.27. The van der Waals surface area contributed by atoms with Gasteiger partial charge in [-0.1, -0.05) is 19.3 Å². The molecule has 1 heterocycles. The zero-order valence-corrected chi connectivity index (χ0v) is 12.0. The highest BCUT2D eigenvalue weighted by Gasteiger charge is 2.35. The molecule has 0 spiro atoms. The second-order valence-corrected chi connectivity index (χ2v) is 7.03. The van der Waals surface area contributed by atoms with Crippen molar-refractivity contribution in [1.82, 2.24) is 4.90 Å². The number of thioether (sulfide) groups is 1. The average molecular weight is 255 g/mol. The van der Waals surface area contributed by atoms with Gasteiger partial charge >= 0.3 is 0 Å². The number of hydrogen-bond acceptors (Lipinski definition) is 3. The number of ketones is 1. The molecule has 1 saturated heterocycles. The van der Waals surface area contributed by atoms with E-state index in [-0.39, 0.29) is 0 Å². The number of carbonyl (C=O) groups is 1. The van der Waals surface area contributed by atoms with E-state index in [0.29, 0.717) is 16.6 Å². The van der Waals surface area contributed by atoms with E-state index in [1.54, 1.807) is 0 Å². The molecule has 1 aliphatic carbocycles. The van der Waals surface area contributed by atoms with Crippen molar-refractivity contribution in [2.24, 2.45) is 0 Å². The van der Waals surface area contributed by atoms with Gasteiger partial charge in [0.1, 0.15) is 5.78 Å². The molecule has 2 nitrogen and oxygen atoms in total. The van der Waals surface area contributed by atoms with Gasteiger partial charge in [-0.2, -0.15) is 11.8 Å². The van der Waals surface area contributed by atoms with Crippen LogP contribution in [0.4, 0.5) is 0 Å². The molecular formula is C14H25NOS. The summed E-state index contributed by atoms with van der Waals surface area (Å²) in [6.07, 6.45) is 10.7. The Morgan fingerprint density at radius 1 is 1.35 bits per heavy atom. The minimum Gasteiger partial charge on any atom is -0.300 e. The summed E-state index contributed by atoms with van der Waals surface area (Å²) in [5, 5.41) is 0. The maximum absolute atomic E-state index is 11.4. The Bertz CT molecular complexity index is 273. The molecule has 3 heteroatoms. The molecule has 1 unspecified atom stereocenters. The topological polar surface area (TPSA) is 20.3 Å². The Morgan fingerprint density at radius 3 is 2.65 bits per heavy atom. The zero-order chi connectivity index (χ0) is 12.3. The van der Waals surface area contributed by atoms with Crippen molar-refractivity contribution in [3.05, 3.63) is 0 Å². The van der Waals surface area contributed by atoms with E-state index in [9.17, 15) is 4.79 Å². The molecule has 98 valence electrons. The third-order valence-electron chi connectivity index (χ3n) is 4.51. The summed E-state index contributed by atoms with van der Waals surface area (Å²) in [6, 6.07) is 0.460. The molecule has 0 aromatic rings. The predicted octanol–water partition coefficient (Wildman–Crippen LogP) is 3.11. The highest BCUT2D eigenvalue weighted by molar-refractivity contribution is 8.00. The van der Waals surface area contributed by atoms with Crippen molar-refractivity contribution >= 4 is 17.5 Å². The lowest BCUT2D eigenvalue weighted by Crippen LogP contribution is -2.49. The molecule has 0 aromatic carbocycles. The molecular weight excluding hydrogens is 230 g/mol. The number of hydrogen-bond donors (Lipinski definition) is 0. The molecule has 0 radical (unpaired) electrons. The molecule has 2 fully saturated rings. The highest BCUT2D eigenvalue weighted by Crippen LogP contribution is 2.40. The Balaban J connectivity index is 1.95. The third kappa shape index (κ3) is 3.25. The SMILES string of the molecule is CSC1(CN2CCC(=O)CC2C)CCCCC1. The average Bonchev–Trinajstić information content (AvgIpc) is 2.34. The van der Waals surface area contributed by atoms with Gasteiger partial charge in [-0.25, -0.2) is 0 Å². The number of Topliss-reactive ketones (excluding diaryl/α,β-unsaturated/α-hetero) is 1. The highest BCUT2D eigenvalue weighted by atomic mass is 32.2. The van der Waals surface area contributed by atoms with Crippen LogP contribution in [0.1, 0.15) is 51.9 Å². The van der Waals surface area contributed by atoms with Gasteiger partial charge in [-0.3, -0.25) is 9.69 Å². The Labute approximate surface area is 110 Å². The van der Waals surface area contributed by atoms with Crippen LogP contribution in [-0.2, 0) is 4.79 Å². The maximum atomic E-state index is 11.4. The first-order valence-electron chi connectivity index (χ1n) is 6.96. The van der Waals surface area contributed by atoms with E-state index in [0.717, 1.165) is 19.4 Å². The van der Waals surface area contributed by atoms with Crippen LogP contribution in [0.5, 0.6) is 0 Å². The fraction of sp³-hybridized carbons (Fsp3) is 0.929. The van der Waals surface area contributed by atoms with E-state index in [1.807, 2.05) is 0 Å². The van der Waals surface area contributed by atoms with Crippen LogP contribution in [-0.4, -0.2) is 40.8 Å². The van der Waals surface area contributed by atoms with Crippen molar-refractivity contribution in [2.45, 2.75) is 62.7 Å². The molecule has 1 aliphatic heterocycles. The predicted molar refractivity (Wildman–Crippen MR) is 74.6 cm³/mol. The van der Waals surface area contributed by atoms with Crippen LogP contribution < -0.4 is 0 Å². The Morgan fingerprint density at radius 2 is 2.06 bits per heavy atom. The van der Waals surface area contributed by atoms with Crippen LogP contribution in [0, 0.1) is 0 Å². The van der Waals surface area contributed by atoms with Crippen molar-refractivity contribution in [3.8, 4) is 0 Å². The first kappa shape index (κ1) is 13.4. The second-order valence-electron chi connectivity index (χ2n) is 5.76. The lowest BCUT2D eigenvalue weighted by molar-refractivity contribution is -0.123. The third-order valence-corrected chi connectivity index (χ3v) is 5.92. The van der Waals surface area contributed by atoms with Gasteiger partial charge < -0.3 is 0 Å². The molecule has 2 aliphatic rings. The van der Waals surface area contributed by atoms with Crippen LogP contribution in [0.2, 0.25) is 0 Å². The number of nitrogens with zero attached hydrogens (tertiary/aromatic N) is 1. The van der Waals surface area contributed by atoms with Crippen molar-refractivity contribution in [2.75, 3.05) is 19.3 Å². The van der Waals surface area contributed by atoms with Crippen molar-refractivity contribution in [3.63, 3.8) is 0 Å². The smallest absolute Gasteiger partial charge is 0.135 e. The van der Waals surface area contributed by atoms with Crippen LogP contribution >= 0.6 is 11.8 Å². The Hall–Kier alpha value is -0.0200. The first-order chi connectivity index (χ1) is 8.15. The van der Waals surface area contributed by atoms with Crippen LogP contribution in [0.15, 0.2) is 0 Å². The van der Waals surface area contributed by atoms with Gasteiger partial charge in [0.2, 0.25) is 0 Å². The molecule has 2 rings (SSSR count). The normalized spacial score (nSPS) is 30.5. The Kier molecular flexibility index (Phi) is 4.53. The number of piperidine rings is 1. The zero-order valence-electron chi connectivity index (χ0n) is 11.2. The lowest BCUT2D eigenvalue weighted by Gasteiger charge is -2.43. The monoisotopic (exact) mass is 255 g/mol. The minimum absolute atomic E-state index is 0.454. The number of likely N-dealkylation sites (tertiary alicyclic amines) is 1. The van der Waals surface area contributed by atoms with E-state index >= 15 is 0 Å². The molecule has 0 bridgehead atoms. The number of carbonyl (C=O) groups excluding carboxylic acids is 1. The summed E-state index contributed by atoms with van der Waals surface area (Å²) in [5.74, 6) is 0.454. The van der Waals surface area contributed by atoms with Crippen molar-refractivity contribution < 1.29 is 4.79 Å². The quantitative estimate of drug-likeness (QED) is 0.773. The van der Waals surface area contributed by atoms with Crippen molar-refractivity contribution in [1.29, 1.82) is 0 Å². The summed E-state index contributed by atoms with van der Waals surface area (Å²) in [5.41, 5.74) is 0. The summed E-state index contributed by atoms with van der Waals surface area (Å²) in [6.45, 7) is 4.40. The minimum atomic E-state index is 0.454. The van der Waals surface area contributed by atoms with Crippen LogP contribution in [0.3, 0.4) is 0 Å². The van der Waals surface area contributed by atoms with Crippen LogP contribution in [0.25, 0.3) is 0 Å². The summed E-state index contributed by atoms with van der Waals surface area (Å²) in [7, 11) is 0. The molecule has 17 heavy (non-hydrogen) atoms. The van der Waals surface area contributed by atoms with E-state index in [2.05, 4.69) is 29.8 Å². The molecule has 0 N–H and O–H groups in total. The van der Waals surface area contributed by atoms with Gasteiger partial charge in [0, 0.05) is 36.7 Å². The summed E-state index contributed by atoms with van der Waals surface area (Å²) in [4.78, 5) is 14.0. The number of rotatable bonds is 3. The molecule has 0 aromatic heterocycles. The van der Waals surface area contributed by atoms with Gasteiger partial charge in [0.05, 0.1) is 0 Å². The van der Waals surface area contributed by atoms with Gasteiger partial charge in [-0.15, -0.1) is 0 Å². The second kappa shape index (κ2) is 5.75. The lowest BCUT2D eigenvalue weighted by atomic mass is 9.87. The standard InChI is InChI=1S/C14H25NOS/c1-12-10-13(16)6-9-15(12)11-14(17-2)7-4-3-5-8-14/h12H,3-11H2,1-2H3. The molecule has 1 atom stereocenters. The van der Waals surface area contributed by atoms with Gasteiger partial charge in [0.25, 0.3) is 0 Å². The molecule has 0 amide bonds.